The van der Waals surface area contributed by atoms with E-state index < -0.39 is 6.04 Å². The maximum Gasteiger partial charge on any atom is 0.262 e. The van der Waals surface area contributed by atoms with Crippen LogP contribution >= 0.6 is 11.3 Å². The van der Waals surface area contributed by atoms with Gasteiger partial charge < -0.3 is 19.9 Å². The first-order chi connectivity index (χ1) is 15.6. The minimum absolute atomic E-state index is 0.156. The normalized spacial score (nSPS) is 11.8. The number of thiophene rings is 1. The van der Waals surface area contributed by atoms with Crippen molar-refractivity contribution in [3.63, 3.8) is 0 Å². The van der Waals surface area contributed by atoms with Crippen LogP contribution in [-0.2, 0) is 11.2 Å². The Bertz CT molecular complexity index is 1170. The smallest absolute Gasteiger partial charge is 0.262 e. The van der Waals surface area contributed by atoms with E-state index >= 15 is 0 Å². The van der Waals surface area contributed by atoms with Gasteiger partial charge in [-0.25, -0.2) is 0 Å². The fourth-order valence-corrected chi connectivity index (χ4v) is 4.18. The first-order valence-corrected chi connectivity index (χ1v) is 11.3. The molecule has 2 heterocycles. The number of para-hydroxylation sites is 2. The number of carbonyl (C=O) groups excluding carboxylic acids is 2. The third kappa shape index (κ3) is 5.18. The van der Waals surface area contributed by atoms with Gasteiger partial charge in [-0.3, -0.25) is 9.59 Å². The van der Waals surface area contributed by atoms with Gasteiger partial charge in [0.25, 0.3) is 5.91 Å². The number of rotatable bonds is 9. The summed E-state index contributed by atoms with van der Waals surface area (Å²) >= 11 is 1.35. The molecule has 0 saturated carbocycles. The summed E-state index contributed by atoms with van der Waals surface area (Å²) < 4.78 is 5.73. The molecule has 2 N–H and O–H groups in total. The summed E-state index contributed by atoms with van der Waals surface area (Å²) in [6.07, 6.45) is 2.30. The molecule has 0 bridgehead atoms. The van der Waals surface area contributed by atoms with Crippen LogP contribution in [0.4, 0.5) is 0 Å². The zero-order valence-corrected chi connectivity index (χ0v) is 18.6. The highest BCUT2D eigenvalue weighted by atomic mass is 32.1. The largest absolute Gasteiger partial charge is 0.492 e. The summed E-state index contributed by atoms with van der Waals surface area (Å²) in [5.74, 6) is 0.360. The van der Waals surface area contributed by atoms with Crippen LogP contribution in [0.3, 0.4) is 0 Å². The average Bonchev–Trinajstić information content (AvgIpc) is 3.49. The molecule has 0 fully saturated rings. The molecule has 0 spiro atoms. The SMILES string of the molecule is CN(CCOc1ccccc1)C(=O)[C@H](Cc1c[nH]c2ccccc12)NC(=O)c1cccs1. The maximum absolute atomic E-state index is 13.3. The second-order valence-corrected chi connectivity index (χ2v) is 8.44. The molecule has 0 aliphatic rings. The van der Waals surface area contributed by atoms with Crippen molar-refractivity contribution in [3.8, 4) is 5.75 Å². The van der Waals surface area contributed by atoms with Crippen LogP contribution in [-0.4, -0.2) is 47.9 Å². The van der Waals surface area contributed by atoms with Gasteiger partial charge in [-0.15, -0.1) is 11.3 Å². The number of ether oxygens (including phenoxy) is 1. The van der Waals surface area contributed by atoms with Crippen molar-refractivity contribution in [2.45, 2.75) is 12.5 Å². The predicted octanol–water partition coefficient (Wildman–Crippen LogP) is 4.11. The molecular weight excluding hydrogens is 422 g/mol. The molecule has 0 aliphatic carbocycles. The van der Waals surface area contributed by atoms with Gasteiger partial charge in [0.2, 0.25) is 5.91 Å². The highest BCUT2D eigenvalue weighted by molar-refractivity contribution is 7.12. The van der Waals surface area contributed by atoms with E-state index in [-0.39, 0.29) is 11.8 Å². The molecule has 4 aromatic rings. The number of likely N-dealkylation sites (N-methyl/N-ethyl adjacent to an activating group) is 1. The summed E-state index contributed by atoms with van der Waals surface area (Å²) in [4.78, 5) is 31.5. The second-order valence-electron chi connectivity index (χ2n) is 7.49. The zero-order chi connectivity index (χ0) is 22.3. The molecular formula is C25H25N3O3S. The number of aromatic amines is 1. The number of aromatic nitrogens is 1. The summed E-state index contributed by atoms with van der Waals surface area (Å²) in [6.45, 7) is 0.776. The lowest BCUT2D eigenvalue weighted by molar-refractivity contribution is -0.132. The van der Waals surface area contributed by atoms with Gasteiger partial charge in [0.05, 0.1) is 11.4 Å². The van der Waals surface area contributed by atoms with Crippen LogP contribution in [0.5, 0.6) is 5.75 Å². The van der Waals surface area contributed by atoms with Gasteiger partial charge in [-0.2, -0.15) is 0 Å². The van der Waals surface area contributed by atoms with Crippen molar-refractivity contribution < 1.29 is 14.3 Å². The van der Waals surface area contributed by atoms with Gasteiger partial charge in [0.1, 0.15) is 18.4 Å². The highest BCUT2D eigenvalue weighted by Crippen LogP contribution is 2.20. The summed E-state index contributed by atoms with van der Waals surface area (Å²) in [5.41, 5.74) is 1.99. The molecule has 2 aromatic heterocycles. The molecule has 7 heteroatoms. The Morgan fingerprint density at radius 3 is 2.62 bits per heavy atom. The van der Waals surface area contributed by atoms with Crippen molar-refractivity contribution in [1.82, 2.24) is 15.2 Å². The molecule has 4 rings (SSSR count). The van der Waals surface area contributed by atoms with E-state index in [9.17, 15) is 9.59 Å². The van der Waals surface area contributed by atoms with Crippen LogP contribution in [0.25, 0.3) is 10.9 Å². The molecule has 164 valence electrons. The van der Waals surface area contributed by atoms with E-state index in [1.807, 2.05) is 72.2 Å². The molecule has 0 saturated heterocycles. The Labute approximate surface area is 190 Å². The Kier molecular flexibility index (Phi) is 6.87. The first-order valence-electron chi connectivity index (χ1n) is 10.4. The Balaban J connectivity index is 1.47. The van der Waals surface area contributed by atoms with Crippen LogP contribution in [0.15, 0.2) is 78.3 Å². The van der Waals surface area contributed by atoms with E-state index in [2.05, 4.69) is 10.3 Å². The predicted molar refractivity (Wildman–Crippen MR) is 127 cm³/mol. The Morgan fingerprint density at radius 1 is 1.06 bits per heavy atom. The van der Waals surface area contributed by atoms with Crippen molar-refractivity contribution in [1.29, 1.82) is 0 Å². The van der Waals surface area contributed by atoms with Crippen LogP contribution in [0.1, 0.15) is 15.2 Å². The molecule has 1 atom stereocenters. The van der Waals surface area contributed by atoms with Gasteiger partial charge in [0.15, 0.2) is 0 Å². The first kappa shape index (κ1) is 21.6. The standard InChI is InChI=1S/C25H25N3O3S/c1-28(13-14-31-19-8-3-2-4-9-19)25(30)22(27-24(29)23-12-7-15-32-23)16-18-17-26-21-11-6-5-10-20(18)21/h2-12,15,17,22,26H,13-14,16H2,1H3,(H,27,29)/t22-/m0/s1. The van der Waals surface area contributed by atoms with Crippen molar-refractivity contribution >= 4 is 34.1 Å². The number of hydrogen-bond donors (Lipinski definition) is 2. The zero-order valence-electron chi connectivity index (χ0n) is 17.8. The number of amides is 2. The molecule has 0 radical (unpaired) electrons. The fraction of sp³-hybridized carbons (Fsp3) is 0.200. The molecule has 6 nitrogen and oxygen atoms in total. The molecule has 2 amide bonds. The van der Waals surface area contributed by atoms with E-state index in [1.165, 1.54) is 11.3 Å². The van der Waals surface area contributed by atoms with Crippen molar-refractivity contribution in [2.75, 3.05) is 20.2 Å². The lowest BCUT2D eigenvalue weighted by Crippen LogP contribution is -2.49. The van der Waals surface area contributed by atoms with Crippen molar-refractivity contribution in [2.24, 2.45) is 0 Å². The van der Waals surface area contributed by atoms with E-state index in [1.54, 1.807) is 18.0 Å². The third-order valence-electron chi connectivity index (χ3n) is 5.26. The minimum Gasteiger partial charge on any atom is -0.492 e. The lowest BCUT2D eigenvalue weighted by atomic mass is 10.0. The number of fused-ring (bicyclic) bond motifs is 1. The average molecular weight is 448 g/mol. The van der Waals surface area contributed by atoms with E-state index in [0.717, 1.165) is 22.2 Å². The topological polar surface area (TPSA) is 74.4 Å². The molecule has 0 unspecified atom stereocenters. The number of carbonyl (C=O) groups is 2. The van der Waals surface area contributed by atoms with E-state index in [0.29, 0.717) is 24.4 Å². The molecule has 0 aliphatic heterocycles. The second kappa shape index (κ2) is 10.2. The van der Waals surface area contributed by atoms with Gasteiger partial charge in [-0.05, 0) is 35.2 Å². The molecule has 2 aromatic carbocycles. The van der Waals surface area contributed by atoms with Gasteiger partial charge >= 0.3 is 0 Å². The van der Waals surface area contributed by atoms with Crippen LogP contribution in [0.2, 0.25) is 0 Å². The highest BCUT2D eigenvalue weighted by Gasteiger charge is 2.26. The maximum atomic E-state index is 13.3. The Morgan fingerprint density at radius 2 is 1.84 bits per heavy atom. The van der Waals surface area contributed by atoms with E-state index in [4.69, 9.17) is 4.74 Å². The number of hydrogen-bond acceptors (Lipinski definition) is 4. The molecule has 32 heavy (non-hydrogen) atoms. The lowest BCUT2D eigenvalue weighted by Gasteiger charge is -2.24. The minimum atomic E-state index is -0.689. The fourth-order valence-electron chi connectivity index (χ4n) is 3.55. The monoisotopic (exact) mass is 447 g/mol. The number of H-pyrrole nitrogens is 1. The quantitative estimate of drug-likeness (QED) is 0.406. The van der Waals surface area contributed by atoms with Crippen LogP contribution in [0, 0.1) is 0 Å². The third-order valence-corrected chi connectivity index (χ3v) is 6.13. The van der Waals surface area contributed by atoms with Gasteiger partial charge in [-0.1, -0.05) is 42.5 Å². The number of nitrogens with zero attached hydrogens (tertiary/aromatic N) is 1. The van der Waals surface area contributed by atoms with Crippen molar-refractivity contribution in [3.05, 3.63) is 88.7 Å². The number of benzene rings is 2. The summed E-state index contributed by atoms with van der Waals surface area (Å²) in [7, 11) is 1.73. The summed E-state index contributed by atoms with van der Waals surface area (Å²) in [5, 5.41) is 5.83. The van der Waals surface area contributed by atoms with Gasteiger partial charge in [0, 0.05) is 30.6 Å². The number of nitrogens with one attached hydrogen (secondary N) is 2. The summed E-state index contributed by atoms with van der Waals surface area (Å²) in [6, 6.07) is 20.3. The van der Waals surface area contributed by atoms with Crippen LogP contribution < -0.4 is 10.1 Å². The Hall–Kier alpha value is -3.58.